The first-order valence-electron chi connectivity index (χ1n) is 6.45. The number of carbonyl (C=O) groups excluding carboxylic acids is 1. The minimum absolute atomic E-state index is 0.101. The number of hydrogen-bond donors (Lipinski definition) is 4. The number of nitrogens with zero attached hydrogens (tertiary/aromatic N) is 1. The zero-order valence-corrected chi connectivity index (χ0v) is 13.8. The SMILES string of the molecule is COc1c(Cl)cc(Cl)cc1C=NNC(=O)c1cc(O)c(O)c(O)c1. The molecule has 0 aliphatic carbocycles. The van der Waals surface area contributed by atoms with E-state index in [1.165, 1.54) is 19.4 Å². The van der Waals surface area contributed by atoms with Crippen LogP contribution in [0.2, 0.25) is 10.0 Å². The van der Waals surface area contributed by atoms with Gasteiger partial charge in [-0.25, -0.2) is 5.43 Å². The molecule has 24 heavy (non-hydrogen) atoms. The summed E-state index contributed by atoms with van der Waals surface area (Å²) >= 11 is 11.9. The Morgan fingerprint density at radius 1 is 1.17 bits per heavy atom. The highest BCUT2D eigenvalue weighted by Gasteiger charge is 2.13. The summed E-state index contributed by atoms with van der Waals surface area (Å²) in [5, 5.41) is 32.4. The van der Waals surface area contributed by atoms with Crippen LogP contribution in [0.15, 0.2) is 29.4 Å². The van der Waals surface area contributed by atoms with Crippen LogP contribution in [0.5, 0.6) is 23.0 Å². The maximum absolute atomic E-state index is 11.9. The number of methoxy groups -OCH3 is 1. The lowest BCUT2D eigenvalue weighted by molar-refractivity contribution is 0.0954. The quantitative estimate of drug-likeness (QED) is 0.375. The molecule has 0 atom stereocenters. The van der Waals surface area contributed by atoms with Gasteiger partial charge in [0.15, 0.2) is 17.2 Å². The van der Waals surface area contributed by atoms with Gasteiger partial charge in [0.05, 0.1) is 18.3 Å². The van der Waals surface area contributed by atoms with Crippen molar-refractivity contribution in [2.24, 2.45) is 5.10 Å². The highest BCUT2D eigenvalue weighted by molar-refractivity contribution is 6.36. The Morgan fingerprint density at radius 3 is 2.38 bits per heavy atom. The Bertz CT molecular complexity index is 801. The molecule has 126 valence electrons. The Balaban J connectivity index is 2.19. The molecule has 0 fully saturated rings. The molecule has 0 radical (unpaired) electrons. The van der Waals surface area contributed by atoms with Crippen LogP contribution < -0.4 is 10.2 Å². The summed E-state index contributed by atoms with van der Waals surface area (Å²) < 4.78 is 5.13. The molecule has 2 aromatic rings. The van der Waals surface area contributed by atoms with E-state index in [2.05, 4.69) is 10.5 Å². The number of benzene rings is 2. The van der Waals surface area contributed by atoms with E-state index < -0.39 is 23.2 Å². The van der Waals surface area contributed by atoms with Crippen LogP contribution in [0.3, 0.4) is 0 Å². The van der Waals surface area contributed by atoms with Gasteiger partial charge in [-0.3, -0.25) is 4.79 Å². The molecule has 0 aromatic heterocycles. The second kappa shape index (κ2) is 7.29. The number of hydrogen-bond acceptors (Lipinski definition) is 6. The molecule has 0 bridgehead atoms. The lowest BCUT2D eigenvalue weighted by Crippen LogP contribution is -2.17. The number of amides is 1. The van der Waals surface area contributed by atoms with Crippen LogP contribution in [-0.2, 0) is 0 Å². The first kappa shape index (κ1) is 17.7. The van der Waals surface area contributed by atoms with E-state index in [0.29, 0.717) is 16.3 Å². The van der Waals surface area contributed by atoms with Crippen molar-refractivity contribution in [1.29, 1.82) is 0 Å². The van der Waals surface area contributed by atoms with Crippen LogP contribution in [0.25, 0.3) is 0 Å². The van der Waals surface area contributed by atoms with Crippen LogP contribution >= 0.6 is 23.2 Å². The first-order valence-corrected chi connectivity index (χ1v) is 7.20. The summed E-state index contributed by atoms with van der Waals surface area (Å²) in [6.07, 6.45) is 1.27. The Morgan fingerprint density at radius 2 is 1.79 bits per heavy atom. The van der Waals surface area contributed by atoms with Crippen molar-refractivity contribution in [3.8, 4) is 23.0 Å². The summed E-state index contributed by atoms with van der Waals surface area (Å²) in [6.45, 7) is 0. The van der Waals surface area contributed by atoms with E-state index in [0.717, 1.165) is 12.1 Å². The zero-order valence-electron chi connectivity index (χ0n) is 12.2. The maximum Gasteiger partial charge on any atom is 0.271 e. The second-order valence-electron chi connectivity index (χ2n) is 4.57. The molecule has 0 spiro atoms. The standard InChI is InChI=1S/C15H12Cl2N2O5/c1-24-14-8(2-9(16)5-10(14)17)6-18-19-15(23)7-3-11(20)13(22)12(21)4-7/h2-6,20-22H,1H3,(H,19,23). The number of phenols is 3. The van der Waals surface area contributed by atoms with Gasteiger partial charge in [-0.1, -0.05) is 23.2 Å². The number of aromatic hydroxyl groups is 3. The topological polar surface area (TPSA) is 111 Å². The van der Waals surface area contributed by atoms with Gasteiger partial charge in [0.1, 0.15) is 5.75 Å². The van der Waals surface area contributed by atoms with Crippen LogP contribution in [-0.4, -0.2) is 34.6 Å². The normalized spacial score (nSPS) is 10.8. The van der Waals surface area contributed by atoms with Crippen LogP contribution in [0.4, 0.5) is 0 Å². The summed E-state index contributed by atoms with van der Waals surface area (Å²) in [5.41, 5.74) is 2.53. The van der Waals surface area contributed by atoms with Gasteiger partial charge in [0.25, 0.3) is 5.91 Å². The van der Waals surface area contributed by atoms with E-state index in [4.69, 9.17) is 27.9 Å². The van der Waals surface area contributed by atoms with Gasteiger partial charge >= 0.3 is 0 Å². The van der Waals surface area contributed by atoms with Crippen molar-refractivity contribution in [3.63, 3.8) is 0 Å². The van der Waals surface area contributed by atoms with Crippen LogP contribution in [0, 0.1) is 0 Å². The summed E-state index contributed by atoms with van der Waals surface area (Å²) in [5.74, 6) is -2.36. The number of phenolic OH excluding ortho intramolecular Hbond substituents is 3. The third kappa shape index (κ3) is 3.81. The lowest BCUT2D eigenvalue weighted by atomic mass is 10.2. The van der Waals surface area contributed by atoms with Crippen molar-refractivity contribution in [3.05, 3.63) is 45.4 Å². The van der Waals surface area contributed by atoms with E-state index in [9.17, 15) is 20.1 Å². The third-order valence-electron chi connectivity index (χ3n) is 2.94. The van der Waals surface area contributed by atoms with E-state index in [-0.39, 0.29) is 10.6 Å². The van der Waals surface area contributed by atoms with Crippen molar-refractivity contribution >= 4 is 35.3 Å². The van der Waals surface area contributed by atoms with Crippen molar-refractivity contribution < 1.29 is 24.9 Å². The molecule has 2 rings (SSSR count). The summed E-state index contributed by atoms with van der Waals surface area (Å²) in [7, 11) is 1.42. The molecule has 9 heteroatoms. The molecule has 0 saturated carbocycles. The zero-order chi connectivity index (χ0) is 17.9. The largest absolute Gasteiger partial charge is 0.504 e. The van der Waals surface area contributed by atoms with E-state index >= 15 is 0 Å². The highest BCUT2D eigenvalue weighted by atomic mass is 35.5. The molecule has 2 aromatic carbocycles. The molecule has 0 aliphatic rings. The average molecular weight is 371 g/mol. The first-order chi connectivity index (χ1) is 11.3. The predicted octanol–water partition coefficient (Wildman–Crippen LogP) is 2.88. The molecule has 0 heterocycles. The summed E-state index contributed by atoms with van der Waals surface area (Å²) in [6, 6.07) is 5.01. The smallest absolute Gasteiger partial charge is 0.271 e. The Kier molecular flexibility index (Phi) is 5.38. The number of nitrogens with one attached hydrogen (secondary N) is 1. The van der Waals surface area contributed by atoms with Gasteiger partial charge < -0.3 is 20.1 Å². The maximum atomic E-state index is 11.9. The molecule has 0 unspecified atom stereocenters. The van der Waals surface area contributed by atoms with Gasteiger partial charge in [-0.2, -0.15) is 5.10 Å². The Hall–Kier alpha value is -2.64. The fourth-order valence-electron chi connectivity index (χ4n) is 1.85. The number of halogens is 2. The number of carbonyl (C=O) groups is 1. The van der Waals surface area contributed by atoms with E-state index in [1.807, 2.05) is 0 Å². The van der Waals surface area contributed by atoms with Gasteiger partial charge in [-0.05, 0) is 24.3 Å². The van der Waals surface area contributed by atoms with Gasteiger partial charge in [0, 0.05) is 16.1 Å². The fourth-order valence-corrected chi connectivity index (χ4v) is 2.44. The third-order valence-corrected chi connectivity index (χ3v) is 3.44. The minimum Gasteiger partial charge on any atom is -0.504 e. The highest BCUT2D eigenvalue weighted by Crippen LogP contribution is 2.35. The molecular formula is C15H12Cl2N2O5. The van der Waals surface area contributed by atoms with Gasteiger partial charge in [0.2, 0.25) is 0 Å². The average Bonchev–Trinajstić information content (AvgIpc) is 2.51. The van der Waals surface area contributed by atoms with Crippen molar-refractivity contribution in [2.75, 3.05) is 7.11 Å². The molecule has 1 amide bonds. The van der Waals surface area contributed by atoms with Gasteiger partial charge in [-0.15, -0.1) is 0 Å². The number of rotatable bonds is 4. The van der Waals surface area contributed by atoms with Crippen molar-refractivity contribution in [2.45, 2.75) is 0 Å². The number of ether oxygens (including phenoxy) is 1. The molecule has 4 N–H and O–H groups in total. The second-order valence-corrected chi connectivity index (χ2v) is 5.42. The predicted molar refractivity (Wildman–Crippen MR) is 89.5 cm³/mol. The van der Waals surface area contributed by atoms with E-state index in [1.54, 1.807) is 6.07 Å². The number of hydrazone groups is 1. The fraction of sp³-hybridized carbons (Fsp3) is 0.0667. The summed E-state index contributed by atoms with van der Waals surface area (Å²) in [4.78, 5) is 11.9. The molecular weight excluding hydrogens is 359 g/mol. The molecule has 0 aliphatic heterocycles. The molecule has 0 saturated heterocycles. The monoisotopic (exact) mass is 370 g/mol. The molecule has 7 nitrogen and oxygen atoms in total. The van der Waals surface area contributed by atoms with Crippen LogP contribution in [0.1, 0.15) is 15.9 Å². The lowest BCUT2D eigenvalue weighted by Gasteiger charge is -2.07. The minimum atomic E-state index is -0.719. The Labute approximate surface area is 146 Å². The van der Waals surface area contributed by atoms with Crippen molar-refractivity contribution in [1.82, 2.24) is 5.43 Å².